The van der Waals surface area contributed by atoms with Crippen LogP contribution < -0.4 is 9.64 Å². The fourth-order valence-electron chi connectivity index (χ4n) is 2.54. The lowest BCUT2D eigenvalue weighted by Gasteiger charge is -2.33. The summed E-state index contributed by atoms with van der Waals surface area (Å²) in [6, 6.07) is 7.95. The van der Waals surface area contributed by atoms with Gasteiger partial charge >= 0.3 is 0 Å². The summed E-state index contributed by atoms with van der Waals surface area (Å²) < 4.78 is 10.7. The molecule has 1 unspecified atom stereocenters. The molecule has 0 amide bonds. The Kier molecular flexibility index (Phi) is 3.71. The number of aliphatic hydroxyl groups is 1. The van der Waals surface area contributed by atoms with Gasteiger partial charge in [0.15, 0.2) is 0 Å². The van der Waals surface area contributed by atoms with Gasteiger partial charge in [-0.1, -0.05) is 0 Å². The van der Waals surface area contributed by atoms with Crippen LogP contribution in [-0.4, -0.2) is 49.6 Å². The third-order valence-electron chi connectivity index (χ3n) is 3.59. The molecule has 2 heterocycles. The van der Waals surface area contributed by atoms with Gasteiger partial charge < -0.3 is 19.5 Å². The average molecular weight is 274 g/mol. The van der Waals surface area contributed by atoms with Crippen LogP contribution in [0.15, 0.2) is 30.5 Å². The Morgan fingerprint density at radius 1 is 1.45 bits per heavy atom. The lowest BCUT2D eigenvalue weighted by molar-refractivity contribution is 0.00344. The number of hydrogen-bond acceptors (Lipinski definition) is 5. The lowest BCUT2D eigenvalue weighted by Crippen LogP contribution is -2.44. The largest absolute Gasteiger partial charge is 0.497 e. The molecule has 1 aliphatic heterocycles. The number of pyridine rings is 1. The molecular formula is C15H18N2O3. The van der Waals surface area contributed by atoms with E-state index >= 15 is 0 Å². The first-order valence-electron chi connectivity index (χ1n) is 6.72. The molecule has 0 aliphatic carbocycles. The van der Waals surface area contributed by atoms with Crippen molar-refractivity contribution in [2.45, 2.75) is 6.10 Å². The Morgan fingerprint density at radius 2 is 2.35 bits per heavy atom. The second-order valence-corrected chi connectivity index (χ2v) is 4.84. The van der Waals surface area contributed by atoms with Crippen LogP contribution in [0.3, 0.4) is 0 Å². The fourth-order valence-corrected chi connectivity index (χ4v) is 2.54. The molecule has 3 rings (SSSR count). The molecule has 1 aromatic heterocycles. The lowest BCUT2D eigenvalue weighted by atomic mass is 10.1. The van der Waals surface area contributed by atoms with Gasteiger partial charge in [-0.2, -0.15) is 0 Å². The summed E-state index contributed by atoms with van der Waals surface area (Å²) in [4.78, 5) is 6.67. The van der Waals surface area contributed by atoms with E-state index in [4.69, 9.17) is 9.47 Å². The molecule has 5 nitrogen and oxygen atoms in total. The van der Waals surface area contributed by atoms with Crippen molar-refractivity contribution in [1.29, 1.82) is 0 Å². The number of aliphatic hydroxyl groups excluding tert-OH is 1. The second kappa shape index (κ2) is 5.64. The van der Waals surface area contributed by atoms with Crippen molar-refractivity contribution < 1.29 is 14.6 Å². The first kappa shape index (κ1) is 13.1. The summed E-state index contributed by atoms with van der Waals surface area (Å²) in [6.07, 6.45) is 1.67. The molecule has 106 valence electrons. The number of fused-ring (bicyclic) bond motifs is 1. The molecule has 20 heavy (non-hydrogen) atoms. The molecule has 0 radical (unpaired) electrons. The Morgan fingerprint density at radius 3 is 3.15 bits per heavy atom. The second-order valence-electron chi connectivity index (χ2n) is 4.84. The number of rotatable bonds is 3. The van der Waals surface area contributed by atoms with Gasteiger partial charge in [-0.25, -0.2) is 4.98 Å². The van der Waals surface area contributed by atoms with Crippen molar-refractivity contribution in [3.63, 3.8) is 0 Å². The van der Waals surface area contributed by atoms with Gasteiger partial charge in [0.05, 0.1) is 26.4 Å². The Labute approximate surface area is 117 Å². The molecule has 0 saturated carbocycles. The van der Waals surface area contributed by atoms with Gasteiger partial charge in [0, 0.05) is 24.7 Å². The Balaban J connectivity index is 1.98. The molecule has 1 aliphatic rings. The van der Waals surface area contributed by atoms with Crippen LogP contribution in [0.4, 0.5) is 5.82 Å². The number of benzene rings is 1. The zero-order chi connectivity index (χ0) is 13.9. The van der Waals surface area contributed by atoms with E-state index in [0.29, 0.717) is 13.2 Å². The molecule has 1 atom stereocenters. The monoisotopic (exact) mass is 274 g/mol. The van der Waals surface area contributed by atoms with Crippen LogP contribution in [0.5, 0.6) is 5.75 Å². The predicted octanol–water partition coefficient (Wildman–Crippen LogP) is 1.44. The summed E-state index contributed by atoms with van der Waals surface area (Å²) in [7, 11) is 1.66. The number of ether oxygens (including phenoxy) is 2. The average Bonchev–Trinajstić information content (AvgIpc) is 2.53. The number of nitrogens with zero attached hydrogens (tertiary/aromatic N) is 2. The van der Waals surface area contributed by atoms with E-state index in [2.05, 4.69) is 9.88 Å². The van der Waals surface area contributed by atoms with Crippen LogP contribution in [0.1, 0.15) is 0 Å². The van der Waals surface area contributed by atoms with Gasteiger partial charge in [-0.15, -0.1) is 0 Å². The van der Waals surface area contributed by atoms with Gasteiger partial charge in [-0.3, -0.25) is 0 Å². The Bertz CT molecular complexity index is 603. The van der Waals surface area contributed by atoms with Crippen molar-refractivity contribution in [1.82, 2.24) is 4.98 Å². The molecule has 1 saturated heterocycles. The van der Waals surface area contributed by atoms with Gasteiger partial charge in [-0.05, 0) is 29.7 Å². The third-order valence-corrected chi connectivity index (χ3v) is 3.59. The van der Waals surface area contributed by atoms with Crippen LogP contribution >= 0.6 is 0 Å². The third kappa shape index (κ3) is 2.42. The van der Waals surface area contributed by atoms with E-state index < -0.39 is 0 Å². The van der Waals surface area contributed by atoms with Crippen molar-refractivity contribution in [2.24, 2.45) is 0 Å². The number of methoxy groups -OCH3 is 1. The van der Waals surface area contributed by atoms with Gasteiger partial charge in [0.1, 0.15) is 11.6 Å². The van der Waals surface area contributed by atoms with Gasteiger partial charge in [0.2, 0.25) is 0 Å². The number of anilines is 1. The smallest absolute Gasteiger partial charge is 0.136 e. The van der Waals surface area contributed by atoms with Gasteiger partial charge in [0.25, 0.3) is 0 Å². The maximum atomic E-state index is 9.25. The maximum Gasteiger partial charge on any atom is 0.136 e. The first-order valence-corrected chi connectivity index (χ1v) is 6.72. The Hall–Kier alpha value is -1.85. The minimum absolute atomic E-state index is 0.0368. The normalized spacial score (nSPS) is 19.3. The zero-order valence-electron chi connectivity index (χ0n) is 11.5. The fraction of sp³-hybridized carbons (Fsp3) is 0.400. The highest BCUT2D eigenvalue weighted by atomic mass is 16.5. The van der Waals surface area contributed by atoms with Crippen LogP contribution in [0.2, 0.25) is 0 Å². The quantitative estimate of drug-likeness (QED) is 0.918. The zero-order valence-corrected chi connectivity index (χ0v) is 11.5. The topological polar surface area (TPSA) is 54.8 Å². The molecular weight excluding hydrogens is 256 g/mol. The summed E-state index contributed by atoms with van der Waals surface area (Å²) in [5, 5.41) is 11.4. The number of hydrogen-bond donors (Lipinski definition) is 1. The highest BCUT2D eigenvalue weighted by molar-refractivity contribution is 5.93. The van der Waals surface area contributed by atoms with Crippen molar-refractivity contribution in [3.05, 3.63) is 30.5 Å². The molecule has 5 heteroatoms. The minimum atomic E-state index is -0.140. The molecule has 1 fully saturated rings. The van der Waals surface area contributed by atoms with Crippen LogP contribution in [-0.2, 0) is 4.74 Å². The minimum Gasteiger partial charge on any atom is -0.497 e. The summed E-state index contributed by atoms with van der Waals surface area (Å²) in [5.41, 5.74) is 0. The van der Waals surface area contributed by atoms with Crippen molar-refractivity contribution in [3.8, 4) is 5.75 Å². The van der Waals surface area contributed by atoms with E-state index in [-0.39, 0.29) is 12.7 Å². The highest BCUT2D eigenvalue weighted by Gasteiger charge is 2.22. The van der Waals surface area contributed by atoms with Crippen molar-refractivity contribution in [2.75, 3.05) is 38.3 Å². The first-order chi connectivity index (χ1) is 9.81. The number of aromatic nitrogens is 1. The van der Waals surface area contributed by atoms with E-state index in [9.17, 15) is 5.11 Å². The van der Waals surface area contributed by atoms with E-state index in [0.717, 1.165) is 28.9 Å². The van der Waals surface area contributed by atoms with E-state index in [1.165, 1.54) is 0 Å². The van der Waals surface area contributed by atoms with E-state index in [1.807, 2.05) is 24.3 Å². The molecule has 1 aromatic carbocycles. The summed E-state index contributed by atoms with van der Waals surface area (Å²) >= 11 is 0. The standard InChI is InChI=1S/C15H18N2O3/c1-19-12-2-3-14-11(8-12)4-5-16-15(14)17-6-7-20-13(9-17)10-18/h2-5,8,13,18H,6-7,9-10H2,1H3. The predicted molar refractivity (Wildman–Crippen MR) is 77.3 cm³/mol. The molecule has 0 spiro atoms. The maximum absolute atomic E-state index is 9.25. The molecule has 0 bridgehead atoms. The SMILES string of the molecule is COc1ccc2c(N3CCOC(CO)C3)nccc2c1. The van der Waals surface area contributed by atoms with Crippen LogP contribution in [0.25, 0.3) is 10.8 Å². The summed E-state index contributed by atoms with van der Waals surface area (Å²) in [6.45, 7) is 2.10. The highest BCUT2D eigenvalue weighted by Crippen LogP contribution is 2.28. The summed E-state index contributed by atoms with van der Waals surface area (Å²) in [5.74, 6) is 1.77. The molecule has 2 aromatic rings. The number of morpholine rings is 1. The van der Waals surface area contributed by atoms with Crippen LogP contribution in [0, 0.1) is 0 Å². The molecule has 1 N–H and O–H groups in total. The van der Waals surface area contributed by atoms with E-state index in [1.54, 1.807) is 13.3 Å². The van der Waals surface area contributed by atoms with Crippen molar-refractivity contribution >= 4 is 16.6 Å².